The van der Waals surface area contributed by atoms with Gasteiger partial charge in [-0.15, -0.1) is 0 Å². The number of halogens is 6. The minimum absolute atomic E-state index is 0.202. The minimum atomic E-state index is -6.29. The fourth-order valence-electron chi connectivity index (χ4n) is 5.21. The Balaban J connectivity index is 1.61. The van der Waals surface area contributed by atoms with E-state index in [9.17, 15) is 41.5 Å². The number of nitriles is 1. The number of rotatable bonds is 4. The summed E-state index contributed by atoms with van der Waals surface area (Å²) >= 11 is 0. The molecule has 0 spiro atoms. The molecule has 1 amide bonds. The molecule has 1 aliphatic rings. The second-order valence-electron chi connectivity index (χ2n) is 10.2. The second-order valence-corrected chi connectivity index (χ2v) is 10.2. The van der Waals surface area contributed by atoms with Crippen LogP contribution in [0, 0.1) is 11.3 Å². The average Bonchev–Trinajstić information content (AvgIpc) is 3.37. The van der Waals surface area contributed by atoms with Crippen molar-refractivity contribution in [3.8, 4) is 23.0 Å². The number of pyridine rings is 1. The molecular formula is C28H23F6N7O2. The molecule has 0 bridgehead atoms. The van der Waals surface area contributed by atoms with E-state index in [1.54, 1.807) is 21.7 Å². The van der Waals surface area contributed by atoms with Gasteiger partial charge in [0.05, 0.1) is 17.0 Å². The van der Waals surface area contributed by atoms with Crippen LogP contribution in [0.1, 0.15) is 19.4 Å². The summed E-state index contributed by atoms with van der Waals surface area (Å²) in [7, 11) is 0. The van der Waals surface area contributed by atoms with E-state index in [4.69, 9.17) is 0 Å². The Hall–Kier alpha value is -4.71. The number of aliphatic hydroxyl groups is 1. The summed E-state index contributed by atoms with van der Waals surface area (Å²) in [6.07, 6.45) is -8.09. The van der Waals surface area contributed by atoms with Gasteiger partial charge in [-0.2, -0.15) is 31.6 Å². The zero-order chi connectivity index (χ0) is 31.3. The average molecular weight is 604 g/mol. The second kappa shape index (κ2) is 10.5. The number of alkyl halides is 6. The van der Waals surface area contributed by atoms with Gasteiger partial charge in [-0.25, -0.2) is 15.0 Å². The molecule has 1 aliphatic heterocycles. The van der Waals surface area contributed by atoms with Crippen molar-refractivity contribution < 1.29 is 36.2 Å². The van der Waals surface area contributed by atoms with Crippen molar-refractivity contribution in [2.45, 2.75) is 43.9 Å². The van der Waals surface area contributed by atoms with Gasteiger partial charge < -0.3 is 14.9 Å². The van der Waals surface area contributed by atoms with Crippen LogP contribution >= 0.6 is 0 Å². The quantitative estimate of drug-likeness (QED) is 0.339. The minimum Gasteiger partial charge on any atom is -0.366 e. The summed E-state index contributed by atoms with van der Waals surface area (Å²) in [4.78, 5) is 28.1. The fourth-order valence-corrected chi connectivity index (χ4v) is 5.21. The van der Waals surface area contributed by atoms with E-state index in [0.29, 0.717) is 38.7 Å². The van der Waals surface area contributed by atoms with Crippen LogP contribution in [0.25, 0.3) is 28.0 Å². The number of hydrogen-bond acceptors (Lipinski definition) is 7. The Bertz CT molecular complexity index is 1700. The first kappa shape index (κ1) is 29.8. The lowest BCUT2D eigenvalue weighted by Gasteiger charge is -2.47. The highest BCUT2D eigenvalue weighted by Gasteiger charge is 2.76. The zero-order valence-electron chi connectivity index (χ0n) is 22.6. The summed E-state index contributed by atoms with van der Waals surface area (Å²) in [6, 6.07) is 12.3. The smallest absolute Gasteiger partial charge is 0.366 e. The monoisotopic (exact) mass is 603 g/mol. The maximum atomic E-state index is 13.5. The third-order valence-electron chi connectivity index (χ3n) is 7.42. The Morgan fingerprint density at radius 3 is 2.28 bits per heavy atom. The van der Waals surface area contributed by atoms with Crippen LogP contribution in [0.2, 0.25) is 0 Å². The van der Waals surface area contributed by atoms with E-state index < -0.39 is 42.5 Å². The van der Waals surface area contributed by atoms with Crippen LogP contribution in [0.3, 0.4) is 0 Å². The number of carbonyl (C=O) groups excluding carboxylic acids is 1. The first-order valence-corrected chi connectivity index (χ1v) is 12.9. The zero-order valence-corrected chi connectivity index (χ0v) is 22.6. The van der Waals surface area contributed by atoms with E-state index in [0.717, 1.165) is 5.56 Å². The maximum absolute atomic E-state index is 13.5. The van der Waals surface area contributed by atoms with Crippen LogP contribution in [-0.2, 0) is 4.79 Å². The van der Waals surface area contributed by atoms with Crippen LogP contribution in [-0.4, -0.2) is 78.6 Å². The van der Waals surface area contributed by atoms with Crippen molar-refractivity contribution >= 4 is 22.8 Å². The largest absolute Gasteiger partial charge is 0.435 e. The third kappa shape index (κ3) is 4.91. The molecule has 43 heavy (non-hydrogen) atoms. The number of nitrogens with zero attached hydrogens (tertiary/aromatic N) is 7. The maximum Gasteiger partial charge on any atom is 0.435 e. The Morgan fingerprint density at radius 2 is 1.65 bits per heavy atom. The van der Waals surface area contributed by atoms with Gasteiger partial charge in [0.1, 0.15) is 18.0 Å². The number of carbonyl (C=O) groups is 1. The summed E-state index contributed by atoms with van der Waals surface area (Å²) in [6.45, 7) is 2.06. The summed E-state index contributed by atoms with van der Waals surface area (Å²) in [5.74, 6) is -1.78. The summed E-state index contributed by atoms with van der Waals surface area (Å²) in [5, 5.41) is 19.6. The molecule has 224 valence electrons. The first-order valence-electron chi connectivity index (χ1n) is 12.9. The van der Waals surface area contributed by atoms with Crippen LogP contribution < -0.4 is 4.90 Å². The number of anilines is 1. The van der Waals surface area contributed by atoms with Gasteiger partial charge in [-0.3, -0.25) is 9.36 Å². The molecule has 1 saturated heterocycles. The van der Waals surface area contributed by atoms with E-state index >= 15 is 0 Å². The number of amides is 1. The van der Waals surface area contributed by atoms with Gasteiger partial charge in [0.15, 0.2) is 5.65 Å². The standard InChI is InChI=1S/C28H23F6N7O2/c1-16-13-40(25(42)26(43,27(29,30)31)28(32,33)34)17(2)12-39(16)23-22-20(19-6-4-3-5-7-19)14-41(24(22)38-15-37-23)21-10-18(11-35)8-9-36-21/h3-10,14-17,43H,12-13H2,1-2H3/t16-,17+/m0/s1. The van der Waals surface area contributed by atoms with Gasteiger partial charge >= 0.3 is 18.0 Å². The molecule has 1 aromatic carbocycles. The molecule has 5 rings (SSSR count). The highest BCUT2D eigenvalue weighted by Crippen LogP contribution is 2.45. The van der Waals surface area contributed by atoms with Crippen molar-refractivity contribution in [2.75, 3.05) is 18.0 Å². The number of fused-ring (bicyclic) bond motifs is 1. The fraction of sp³-hybridized carbons (Fsp3) is 0.321. The summed E-state index contributed by atoms with van der Waals surface area (Å²) in [5.41, 5.74) is -3.41. The topological polar surface area (TPSA) is 111 Å². The first-order chi connectivity index (χ1) is 20.2. The Morgan fingerprint density at radius 1 is 0.977 bits per heavy atom. The van der Waals surface area contributed by atoms with Crippen molar-refractivity contribution in [3.63, 3.8) is 0 Å². The molecule has 9 nitrogen and oxygen atoms in total. The normalized spacial score (nSPS) is 18.1. The lowest BCUT2D eigenvalue weighted by molar-refractivity contribution is -0.353. The molecule has 0 aliphatic carbocycles. The van der Waals surface area contributed by atoms with Crippen molar-refractivity contribution in [1.29, 1.82) is 5.26 Å². The van der Waals surface area contributed by atoms with Crippen LogP contribution in [0.5, 0.6) is 0 Å². The molecular weight excluding hydrogens is 580 g/mol. The SMILES string of the molecule is C[C@@H]1CN(c2ncnc3c2c(-c2ccccc2)cn3-c2cc(C#N)ccn2)[C@@H](C)CN1C(=O)C(O)(C(F)(F)F)C(F)(F)F. The van der Waals surface area contributed by atoms with Crippen molar-refractivity contribution in [3.05, 3.63) is 66.7 Å². The predicted molar refractivity (Wildman–Crippen MR) is 142 cm³/mol. The molecule has 2 atom stereocenters. The van der Waals surface area contributed by atoms with E-state index in [1.807, 2.05) is 30.3 Å². The third-order valence-corrected chi connectivity index (χ3v) is 7.42. The van der Waals surface area contributed by atoms with Crippen LogP contribution in [0.4, 0.5) is 32.2 Å². The van der Waals surface area contributed by atoms with E-state index in [1.165, 1.54) is 32.4 Å². The van der Waals surface area contributed by atoms with Gasteiger partial charge in [0, 0.05) is 43.1 Å². The Labute approximate surface area is 240 Å². The molecule has 0 saturated carbocycles. The highest BCUT2D eigenvalue weighted by atomic mass is 19.4. The van der Waals surface area contributed by atoms with E-state index in [2.05, 4.69) is 21.0 Å². The molecule has 3 aromatic heterocycles. The molecule has 4 aromatic rings. The predicted octanol–water partition coefficient (Wildman–Crippen LogP) is 4.64. The molecule has 0 unspecified atom stereocenters. The molecule has 0 radical (unpaired) electrons. The molecule has 4 heterocycles. The van der Waals surface area contributed by atoms with Crippen LogP contribution in [0.15, 0.2) is 61.2 Å². The van der Waals surface area contributed by atoms with Crippen molar-refractivity contribution in [1.82, 2.24) is 24.4 Å². The summed E-state index contributed by atoms with van der Waals surface area (Å²) < 4.78 is 82.5. The number of hydrogen-bond donors (Lipinski definition) is 1. The van der Waals surface area contributed by atoms with Gasteiger partial charge in [-0.1, -0.05) is 30.3 Å². The number of piperazine rings is 1. The lowest BCUT2D eigenvalue weighted by Crippen LogP contribution is -2.70. The number of benzene rings is 1. The van der Waals surface area contributed by atoms with Crippen molar-refractivity contribution in [2.24, 2.45) is 0 Å². The highest BCUT2D eigenvalue weighted by molar-refractivity contribution is 6.02. The molecule has 1 fully saturated rings. The Kier molecular flexibility index (Phi) is 7.29. The molecule has 1 N–H and O–H groups in total. The van der Waals surface area contributed by atoms with Gasteiger partial charge in [0.25, 0.3) is 5.91 Å². The van der Waals surface area contributed by atoms with E-state index in [-0.39, 0.29) is 6.54 Å². The van der Waals surface area contributed by atoms with Gasteiger partial charge in [-0.05, 0) is 31.5 Å². The molecule has 15 heteroatoms. The van der Waals surface area contributed by atoms with Gasteiger partial charge in [0.2, 0.25) is 0 Å². The number of aromatic nitrogens is 4. The lowest BCUT2D eigenvalue weighted by atomic mass is 9.97.